The molecule has 1 heterocycles. The van der Waals surface area contributed by atoms with Crippen LogP contribution in [0.25, 0.3) is 0 Å². The van der Waals surface area contributed by atoms with Gasteiger partial charge >= 0.3 is 6.09 Å². The van der Waals surface area contributed by atoms with Crippen LogP contribution in [0.3, 0.4) is 0 Å². The van der Waals surface area contributed by atoms with Gasteiger partial charge in [0.25, 0.3) is 0 Å². The van der Waals surface area contributed by atoms with Crippen LogP contribution < -0.4 is 4.90 Å². The van der Waals surface area contributed by atoms with Crippen LogP contribution in [0.1, 0.15) is 51.5 Å². The van der Waals surface area contributed by atoms with Crippen molar-refractivity contribution >= 4 is 11.8 Å². The molecule has 0 radical (unpaired) electrons. The number of amides is 1. The maximum atomic E-state index is 12.7. The van der Waals surface area contributed by atoms with Gasteiger partial charge in [-0.25, -0.2) is 4.79 Å². The monoisotopic (exact) mass is 285 g/mol. The number of anilines is 1. The van der Waals surface area contributed by atoms with Crippen molar-refractivity contribution in [2.45, 2.75) is 57.6 Å². The Balaban J connectivity index is 1.71. The number of hydrogen-bond donors (Lipinski definition) is 0. The summed E-state index contributed by atoms with van der Waals surface area (Å²) in [5.74, 6) is 2.00. The summed E-state index contributed by atoms with van der Waals surface area (Å²) in [6, 6.07) is 8.73. The fourth-order valence-electron chi connectivity index (χ4n) is 4.71. The predicted octanol–water partition coefficient (Wildman–Crippen LogP) is 4.32. The van der Waals surface area contributed by atoms with E-state index in [1.807, 2.05) is 31.7 Å². The third kappa shape index (κ3) is 1.82. The Kier molecular flexibility index (Phi) is 2.66. The van der Waals surface area contributed by atoms with E-state index in [1.54, 1.807) is 0 Å². The van der Waals surface area contributed by atoms with Gasteiger partial charge in [0.2, 0.25) is 0 Å². The molecule has 1 aromatic rings. The number of fused-ring (bicyclic) bond motifs is 6. The van der Waals surface area contributed by atoms with E-state index in [4.69, 9.17) is 4.74 Å². The zero-order valence-corrected chi connectivity index (χ0v) is 13.0. The fraction of sp³-hybridized carbons (Fsp3) is 0.611. The van der Waals surface area contributed by atoms with E-state index in [-0.39, 0.29) is 6.09 Å². The van der Waals surface area contributed by atoms with E-state index in [0.717, 1.165) is 11.6 Å². The van der Waals surface area contributed by atoms with Crippen molar-refractivity contribution in [1.29, 1.82) is 0 Å². The lowest BCUT2D eigenvalue weighted by atomic mass is 9.61. The molecule has 1 aliphatic heterocycles. The normalized spacial score (nSPS) is 33.0. The van der Waals surface area contributed by atoms with E-state index < -0.39 is 5.60 Å². The first-order valence-electron chi connectivity index (χ1n) is 8.08. The Morgan fingerprint density at radius 1 is 1.19 bits per heavy atom. The number of rotatable bonds is 0. The lowest BCUT2D eigenvalue weighted by Crippen LogP contribution is -2.55. The molecule has 0 bridgehead atoms. The zero-order valence-electron chi connectivity index (χ0n) is 13.0. The maximum Gasteiger partial charge on any atom is 0.415 e. The summed E-state index contributed by atoms with van der Waals surface area (Å²) in [6.07, 6.45) is 3.72. The molecule has 21 heavy (non-hydrogen) atoms. The highest BCUT2D eigenvalue weighted by atomic mass is 16.6. The fourth-order valence-corrected chi connectivity index (χ4v) is 4.71. The Morgan fingerprint density at radius 2 is 1.90 bits per heavy atom. The molecule has 1 aromatic carbocycles. The van der Waals surface area contributed by atoms with E-state index in [0.29, 0.717) is 17.9 Å². The SMILES string of the molecule is CC(C)(C)OC(=O)N1c2ccccc2[C@@H]2[C@H]3CCC[C@H]3[C@@H]21. The third-order valence-electron chi connectivity index (χ3n) is 5.34. The summed E-state index contributed by atoms with van der Waals surface area (Å²) in [5.41, 5.74) is 2.00. The topological polar surface area (TPSA) is 29.5 Å². The van der Waals surface area contributed by atoms with Crippen LogP contribution in [0.5, 0.6) is 0 Å². The Labute approximate surface area is 126 Å². The molecule has 0 N–H and O–H groups in total. The molecule has 0 aromatic heterocycles. The van der Waals surface area contributed by atoms with Gasteiger partial charge < -0.3 is 4.74 Å². The van der Waals surface area contributed by atoms with Gasteiger partial charge in [-0.05, 0) is 57.1 Å². The predicted molar refractivity (Wildman–Crippen MR) is 82.5 cm³/mol. The highest BCUT2D eigenvalue weighted by molar-refractivity contribution is 5.93. The van der Waals surface area contributed by atoms with Crippen LogP contribution in [-0.4, -0.2) is 17.7 Å². The summed E-state index contributed by atoms with van der Waals surface area (Å²) >= 11 is 0. The Morgan fingerprint density at radius 3 is 2.67 bits per heavy atom. The first-order chi connectivity index (χ1) is 9.97. The minimum atomic E-state index is -0.442. The highest BCUT2D eigenvalue weighted by Crippen LogP contribution is 2.63. The molecule has 3 heteroatoms. The van der Waals surface area contributed by atoms with Crippen LogP contribution >= 0.6 is 0 Å². The van der Waals surface area contributed by atoms with Gasteiger partial charge in [-0.3, -0.25) is 4.90 Å². The molecule has 0 saturated heterocycles. The van der Waals surface area contributed by atoms with Gasteiger partial charge in [0, 0.05) is 5.92 Å². The summed E-state index contributed by atoms with van der Waals surface area (Å²) in [6.45, 7) is 5.80. The smallest absolute Gasteiger partial charge is 0.415 e. The Hall–Kier alpha value is -1.51. The average molecular weight is 285 g/mol. The van der Waals surface area contributed by atoms with Crippen molar-refractivity contribution in [2.24, 2.45) is 11.8 Å². The second kappa shape index (κ2) is 4.25. The van der Waals surface area contributed by atoms with Crippen molar-refractivity contribution in [3.05, 3.63) is 29.8 Å². The van der Waals surface area contributed by atoms with Crippen LogP contribution in [0.2, 0.25) is 0 Å². The van der Waals surface area contributed by atoms with Gasteiger partial charge in [0.05, 0.1) is 11.7 Å². The zero-order chi connectivity index (χ0) is 14.8. The quantitative estimate of drug-likeness (QED) is 0.710. The Bertz CT molecular complexity index is 589. The summed E-state index contributed by atoms with van der Waals surface area (Å²) < 4.78 is 5.67. The van der Waals surface area contributed by atoms with Gasteiger partial charge in [-0.1, -0.05) is 24.6 Å². The molecule has 112 valence electrons. The van der Waals surface area contributed by atoms with Gasteiger partial charge in [-0.2, -0.15) is 0 Å². The van der Waals surface area contributed by atoms with Gasteiger partial charge in [-0.15, -0.1) is 0 Å². The summed E-state index contributed by atoms with van der Waals surface area (Å²) in [7, 11) is 0. The van der Waals surface area contributed by atoms with Crippen molar-refractivity contribution < 1.29 is 9.53 Å². The highest BCUT2D eigenvalue weighted by Gasteiger charge is 2.61. The number of para-hydroxylation sites is 1. The number of benzene rings is 1. The van der Waals surface area contributed by atoms with Crippen LogP contribution in [0.15, 0.2) is 24.3 Å². The third-order valence-corrected chi connectivity index (χ3v) is 5.34. The van der Waals surface area contributed by atoms with Gasteiger partial charge in [0.15, 0.2) is 0 Å². The molecular formula is C18H23NO2. The first kappa shape index (κ1) is 13.2. The summed E-state index contributed by atoms with van der Waals surface area (Å²) in [4.78, 5) is 14.7. The molecular weight excluding hydrogens is 262 g/mol. The van der Waals surface area contributed by atoms with Crippen molar-refractivity contribution in [2.75, 3.05) is 4.90 Å². The molecule has 1 amide bonds. The summed E-state index contributed by atoms with van der Waals surface area (Å²) in [5, 5.41) is 0. The number of nitrogens with zero attached hydrogens (tertiary/aromatic N) is 1. The number of carbonyl (C=O) groups is 1. The second-order valence-corrected chi connectivity index (χ2v) is 7.68. The van der Waals surface area contributed by atoms with E-state index in [1.165, 1.54) is 24.8 Å². The molecule has 0 spiro atoms. The minimum absolute atomic E-state index is 0.173. The van der Waals surface area contributed by atoms with Crippen molar-refractivity contribution in [3.63, 3.8) is 0 Å². The number of carbonyl (C=O) groups excluding carboxylic acids is 1. The minimum Gasteiger partial charge on any atom is -0.443 e. The number of ether oxygens (including phenoxy) is 1. The molecule has 2 fully saturated rings. The molecule has 4 atom stereocenters. The first-order valence-corrected chi connectivity index (χ1v) is 8.08. The van der Waals surface area contributed by atoms with E-state index in [9.17, 15) is 4.79 Å². The standard InChI is InChI=1S/C18H23NO2/c1-18(2,3)21-17(20)19-14-10-5-4-7-13(14)15-11-8-6-9-12(11)16(15)19/h4-5,7,10-12,15-16H,6,8-9H2,1-3H3/t11-,12+,15-,16-/m0/s1. The van der Waals surface area contributed by atoms with E-state index in [2.05, 4.69) is 18.2 Å². The van der Waals surface area contributed by atoms with Crippen LogP contribution in [-0.2, 0) is 4.74 Å². The molecule has 3 aliphatic rings. The molecule has 2 saturated carbocycles. The maximum absolute atomic E-state index is 12.7. The second-order valence-electron chi connectivity index (χ2n) is 7.68. The molecule has 3 nitrogen and oxygen atoms in total. The lowest BCUT2D eigenvalue weighted by molar-refractivity contribution is 0.0475. The largest absolute Gasteiger partial charge is 0.443 e. The molecule has 2 aliphatic carbocycles. The van der Waals surface area contributed by atoms with Gasteiger partial charge in [0.1, 0.15) is 5.60 Å². The van der Waals surface area contributed by atoms with Crippen molar-refractivity contribution in [1.82, 2.24) is 0 Å². The van der Waals surface area contributed by atoms with E-state index >= 15 is 0 Å². The molecule has 0 unspecified atom stereocenters. The number of hydrogen-bond acceptors (Lipinski definition) is 2. The van der Waals surface area contributed by atoms with Crippen LogP contribution in [0, 0.1) is 11.8 Å². The molecule has 4 rings (SSSR count). The van der Waals surface area contributed by atoms with Crippen LogP contribution in [0.4, 0.5) is 10.5 Å². The average Bonchev–Trinajstić information content (AvgIpc) is 2.89. The van der Waals surface area contributed by atoms with Crippen molar-refractivity contribution in [3.8, 4) is 0 Å². The lowest BCUT2D eigenvalue weighted by Gasteiger charge is -2.48.